The number of unbranched alkanes of at least 4 members (excludes halogenated alkanes) is 1. The van der Waals surface area contributed by atoms with E-state index in [4.69, 9.17) is 0 Å². The van der Waals surface area contributed by atoms with Gasteiger partial charge >= 0.3 is 0 Å². The maximum Gasteiger partial charge on any atom is 0.00966 e. The van der Waals surface area contributed by atoms with Crippen molar-refractivity contribution in [1.82, 2.24) is 5.32 Å². The maximum atomic E-state index is 3.73. The molecule has 0 heterocycles. The molecule has 1 atom stereocenters. The van der Waals surface area contributed by atoms with E-state index in [9.17, 15) is 0 Å². The molecule has 0 rings (SSSR count). The van der Waals surface area contributed by atoms with Crippen LogP contribution in [0.2, 0.25) is 0 Å². The second-order valence-electron chi connectivity index (χ2n) is 4.96. The third-order valence-corrected chi connectivity index (χ3v) is 2.09. The van der Waals surface area contributed by atoms with Gasteiger partial charge in [-0.2, -0.15) is 0 Å². The van der Waals surface area contributed by atoms with Crippen molar-refractivity contribution < 1.29 is 0 Å². The molecule has 0 bridgehead atoms. The number of nitrogens with one attached hydrogen (secondary N) is 1. The minimum absolute atomic E-state index is 0.257. The number of allylic oxidation sites excluding steroid dienone is 1. The summed E-state index contributed by atoms with van der Waals surface area (Å²) in [5.41, 5.74) is 0.257. The molecular weight excluding hydrogens is 158 g/mol. The van der Waals surface area contributed by atoms with Crippen LogP contribution in [0.25, 0.3) is 0 Å². The van der Waals surface area contributed by atoms with E-state index in [0.29, 0.717) is 0 Å². The molecule has 13 heavy (non-hydrogen) atoms. The molecular formula is C12H25N. The van der Waals surface area contributed by atoms with Crippen LogP contribution in [-0.2, 0) is 0 Å². The molecule has 0 aliphatic rings. The molecule has 0 aromatic rings. The average Bonchev–Trinajstić information content (AvgIpc) is 2.00. The van der Waals surface area contributed by atoms with Crippen LogP contribution >= 0.6 is 0 Å². The fourth-order valence-electron chi connectivity index (χ4n) is 1.19. The van der Waals surface area contributed by atoms with Gasteiger partial charge in [-0.1, -0.05) is 13.0 Å². The second-order valence-corrected chi connectivity index (χ2v) is 4.96. The van der Waals surface area contributed by atoms with Gasteiger partial charge in [-0.15, -0.1) is 6.58 Å². The fraction of sp³-hybridized carbons (Fsp3) is 0.833. The molecule has 0 aromatic carbocycles. The van der Waals surface area contributed by atoms with Crippen molar-refractivity contribution in [3.8, 4) is 0 Å². The van der Waals surface area contributed by atoms with Crippen molar-refractivity contribution in [2.24, 2.45) is 5.92 Å². The van der Waals surface area contributed by atoms with E-state index in [0.717, 1.165) is 18.9 Å². The zero-order valence-electron chi connectivity index (χ0n) is 9.69. The second kappa shape index (κ2) is 6.20. The molecule has 0 radical (unpaired) electrons. The van der Waals surface area contributed by atoms with Gasteiger partial charge in [0, 0.05) is 5.54 Å². The standard InChI is InChI=1S/C12H25N/c1-6-7-8-9-11(2)10-13-12(3,4)5/h6,11,13H,1,7-10H2,2-5H3. The Kier molecular flexibility index (Phi) is 6.06. The van der Waals surface area contributed by atoms with E-state index in [1.807, 2.05) is 6.08 Å². The van der Waals surface area contributed by atoms with Gasteiger partial charge < -0.3 is 5.32 Å². The van der Waals surface area contributed by atoms with Crippen LogP contribution in [0.4, 0.5) is 0 Å². The molecule has 1 unspecified atom stereocenters. The summed E-state index contributed by atoms with van der Waals surface area (Å²) >= 11 is 0. The Balaban J connectivity index is 3.40. The summed E-state index contributed by atoms with van der Waals surface area (Å²) in [6.07, 6.45) is 5.73. The molecule has 0 aliphatic carbocycles. The van der Waals surface area contributed by atoms with Gasteiger partial charge in [-0.25, -0.2) is 0 Å². The third kappa shape index (κ3) is 9.62. The minimum Gasteiger partial charge on any atom is -0.312 e. The number of hydrogen-bond donors (Lipinski definition) is 1. The number of rotatable bonds is 6. The summed E-state index contributed by atoms with van der Waals surface area (Å²) in [5, 5.41) is 3.52. The summed E-state index contributed by atoms with van der Waals surface area (Å²) < 4.78 is 0. The first-order valence-electron chi connectivity index (χ1n) is 5.31. The Hall–Kier alpha value is -0.300. The van der Waals surface area contributed by atoms with Gasteiger partial charge in [0.15, 0.2) is 0 Å². The molecule has 0 saturated heterocycles. The van der Waals surface area contributed by atoms with Crippen molar-refractivity contribution in [3.63, 3.8) is 0 Å². The zero-order chi connectivity index (χ0) is 10.3. The predicted molar refractivity (Wildman–Crippen MR) is 61.0 cm³/mol. The van der Waals surface area contributed by atoms with Crippen LogP contribution < -0.4 is 5.32 Å². The summed E-state index contributed by atoms with van der Waals surface area (Å²) in [4.78, 5) is 0. The van der Waals surface area contributed by atoms with Crippen LogP contribution in [0, 0.1) is 5.92 Å². The molecule has 1 nitrogen and oxygen atoms in total. The molecule has 0 fully saturated rings. The van der Waals surface area contributed by atoms with Crippen molar-refractivity contribution in [2.45, 2.75) is 52.5 Å². The monoisotopic (exact) mass is 183 g/mol. The summed E-state index contributed by atoms with van der Waals surface area (Å²) in [6, 6.07) is 0. The lowest BCUT2D eigenvalue weighted by atomic mass is 10.0. The van der Waals surface area contributed by atoms with Crippen LogP contribution in [0.5, 0.6) is 0 Å². The highest BCUT2D eigenvalue weighted by Crippen LogP contribution is 2.08. The Morgan fingerprint density at radius 1 is 1.38 bits per heavy atom. The van der Waals surface area contributed by atoms with Crippen LogP contribution in [0.1, 0.15) is 47.0 Å². The Morgan fingerprint density at radius 3 is 2.46 bits per heavy atom. The average molecular weight is 183 g/mol. The van der Waals surface area contributed by atoms with Crippen LogP contribution in [0.3, 0.4) is 0 Å². The molecule has 78 valence electrons. The molecule has 0 spiro atoms. The highest BCUT2D eigenvalue weighted by Gasteiger charge is 2.10. The van der Waals surface area contributed by atoms with Crippen molar-refractivity contribution in [3.05, 3.63) is 12.7 Å². The van der Waals surface area contributed by atoms with Gasteiger partial charge in [-0.05, 0) is 52.5 Å². The summed E-state index contributed by atoms with van der Waals surface area (Å²) in [7, 11) is 0. The molecule has 1 N–H and O–H groups in total. The Bertz CT molecular complexity index is 133. The molecule has 0 aromatic heterocycles. The molecule has 0 saturated carbocycles. The highest BCUT2D eigenvalue weighted by atomic mass is 14.9. The predicted octanol–water partition coefficient (Wildman–Crippen LogP) is 3.37. The van der Waals surface area contributed by atoms with Gasteiger partial charge in [0.1, 0.15) is 0 Å². The highest BCUT2D eigenvalue weighted by molar-refractivity contribution is 4.72. The first-order valence-corrected chi connectivity index (χ1v) is 5.31. The summed E-state index contributed by atoms with van der Waals surface area (Å²) in [6.45, 7) is 13.8. The smallest absolute Gasteiger partial charge is 0.00966 e. The van der Waals surface area contributed by atoms with Gasteiger partial charge in [-0.3, -0.25) is 0 Å². The SMILES string of the molecule is C=CCCCC(C)CNC(C)(C)C. The van der Waals surface area contributed by atoms with Crippen molar-refractivity contribution >= 4 is 0 Å². The summed E-state index contributed by atoms with van der Waals surface area (Å²) in [5.74, 6) is 0.777. The normalized spacial score (nSPS) is 14.2. The molecule has 0 amide bonds. The van der Waals surface area contributed by atoms with Crippen molar-refractivity contribution in [2.75, 3.05) is 6.54 Å². The van der Waals surface area contributed by atoms with E-state index in [1.54, 1.807) is 0 Å². The van der Waals surface area contributed by atoms with Crippen LogP contribution in [-0.4, -0.2) is 12.1 Å². The topological polar surface area (TPSA) is 12.0 Å². The van der Waals surface area contributed by atoms with E-state index in [2.05, 4.69) is 39.6 Å². The molecule has 1 heteroatoms. The van der Waals surface area contributed by atoms with E-state index in [-0.39, 0.29) is 5.54 Å². The van der Waals surface area contributed by atoms with Crippen molar-refractivity contribution in [1.29, 1.82) is 0 Å². The van der Waals surface area contributed by atoms with Gasteiger partial charge in [0.2, 0.25) is 0 Å². The zero-order valence-corrected chi connectivity index (χ0v) is 9.69. The minimum atomic E-state index is 0.257. The lowest BCUT2D eigenvalue weighted by Crippen LogP contribution is -2.38. The third-order valence-electron chi connectivity index (χ3n) is 2.09. The maximum absolute atomic E-state index is 3.73. The van der Waals surface area contributed by atoms with E-state index >= 15 is 0 Å². The van der Waals surface area contributed by atoms with Gasteiger partial charge in [0.25, 0.3) is 0 Å². The Morgan fingerprint density at radius 2 is 2.00 bits per heavy atom. The Labute approximate surface area is 83.6 Å². The largest absolute Gasteiger partial charge is 0.312 e. The lowest BCUT2D eigenvalue weighted by molar-refractivity contribution is 0.369. The number of hydrogen-bond acceptors (Lipinski definition) is 1. The first kappa shape index (κ1) is 12.7. The van der Waals surface area contributed by atoms with E-state index < -0.39 is 0 Å². The lowest BCUT2D eigenvalue weighted by Gasteiger charge is -2.23. The first-order chi connectivity index (χ1) is 5.95. The fourth-order valence-corrected chi connectivity index (χ4v) is 1.19. The van der Waals surface area contributed by atoms with Gasteiger partial charge in [0.05, 0.1) is 0 Å². The van der Waals surface area contributed by atoms with E-state index in [1.165, 1.54) is 12.8 Å². The molecule has 0 aliphatic heterocycles. The quantitative estimate of drug-likeness (QED) is 0.492. The van der Waals surface area contributed by atoms with Crippen LogP contribution in [0.15, 0.2) is 12.7 Å².